The van der Waals surface area contributed by atoms with Crippen LogP contribution in [-0.2, 0) is 22.8 Å². The predicted octanol–water partition coefficient (Wildman–Crippen LogP) is -4.62. The number of amidine groups is 10. The Morgan fingerprint density at radius 3 is 0.200 bits per heavy atom. The minimum atomic E-state index is -5.64. The molecule has 0 unspecified atom stereocenters. The first-order chi connectivity index (χ1) is 45.5. The summed E-state index contributed by atoms with van der Waals surface area (Å²) < 4.78 is 231. The van der Waals surface area contributed by atoms with Gasteiger partial charge in [-0.3, -0.25) is 0 Å². The minimum Gasteiger partial charge on any atom is -0.786 e. The quantitative estimate of drug-likeness (QED) is 0.0550. The van der Waals surface area contributed by atoms with Crippen LogP contribution < -0.4 is 48.9 Å². The molecule has 55 heteroatoms. The van der Waals surface area contributed by atoms with Crippen molar-refractivity contribution < 1.29 is 182 Å². The van der Waals surface area contributed by atoms with E-state index in [-0.39, 0.29) is 60.9 Å². The molecule has 0 fully saturated rings. The highest BCUT2D eigenvalue weighted by atomic mass is 31.2. The second-order valence-corrected chi connectivity index (χ2v) is 27.0. The molecule has 0 rings (SSSR count). The summed E-state index contributed by atoms with van der Waals surface area (Å²) in [6.07, 6.45) is -2.31. The van der Waals surface area contributed by atoms with E-state index >= 15 is 0 Å². The van der Waals surface area contributed by atoms with Crippen LogP contribution in [0.4, 0.5) is 64.9 Å². The van der Waals surface area contributed by atoms with Gasteiger partial charge in [-0.05, 0) is 0 Å². The molecule has 105 heavy (non-hydrogen) atoms. The highest BCUT2D eigenvalue weighted by molar-refractivity contribution is 7.43. The van der Waals surface area contributed by atoms with Gasteiger partial charge in [0.25, 0.3) is 0 Å². The molecule has 0 aromatic heterocycles. The van der Waals surface area contributed by atoms with Crippen molar-refractivity contribution >= 4 is 100 Å². The Labute approximate surface area is 612 Å². The van der Waals surface area contributed by atoms with Crippen LogP contribution in [0.25, 0.3) is 0 Å². The molecule has 0 bridgehead atoms. The first kappa shape index (κ1) is 135. The third-order valence-corrected chi connectivity index (χ3v) is 7.38. The second kappa shape index (κ2) is 71.3. The molecule has 0 aromatic carbocycles. The van der Waals surface area contributed by atoms with Crippen LogP contribution in [0.15, 0.2) is 0 Å². The SMILES string of the molecule is CN(C)C(F)=[N+](C)C.CN(C)C(F)=[N+](C)C.CN(C)C(F)=[N+](C)C.CN(C)C(F)=[N+](C)C.CN(C)C(F)=[N+](C)C.CN(C)C(F)=[N+](C)C.CN(C)C(F)=[N+](C)C.CN(C)C(F)=[N+](C)C.CN(C)C(F)=[N+](C)C.CN(C)C(F)=[N+](C)C.O=P([O-])([O-])F.O=P([O-])([O-])F.O=P([O-])([O-])F.O=P([O-])([O-])F.O=P([O-])([O-])F. The summed E-state index contributed by atoms with van der Waals surface area (Å²) in [5.74, 6) is 0. The lowest BCUT2D eigenvalue weighted by atomic mass is 10.8. The van der Waals surface area contributed by atoms with E-state index in [2.05, 4.69) is 0 Å². The zero-order valence-electron chi connectivity index (χ0n) is 68.0. The molecule has 0 atom stereocenters. The lowest BCUT2D eigenvalue weighted by Crippen LogP contribution is -2.25. The molecule has 0 spiro atoms. The molecule has 640 valence electrons. The second-order valence-electron chi connectivity index (χ2n) is 22.7. The van der Waals surface area contributed by atoms with Crippen molar-refractivity contribution in [2.24, 2.45) is 0 Å². The number of hydrogen-bond acceptors (Lipinski definition) is 15. The van der Waals surface area contributed by atoms with Crippen molar-refractivity contribution in [3.63, 3.8) is 0 Å². The Morgan fingerprint density at radius 1 is 0.171 bits per heavy atom. The van der Waals surface area contributed by atoms with Gasteiger partial charge >= 0.3 is 60.9 Å². The third-order valence-electron chi connectivity index (χ3n) is 7.38. The van der Waals surface area contributed by atoms with Gasteiger partial charge in [-0.1, -0.05) is 0 Å². The van der Waals surface area contributed by atoms with E-state index < -0.39 is 39.5 Å². The first-order valence-electron chi connectivity index (χ1n) is 27.8. The van der Waals surface area contributed by atoms with E-state index in [1.165, 1.54) is 94.8 Å². The smallest absolute Gasteiger partial charge is 0.435 e. The third kappa shape index (κ3) is 165. The number of rotatable bonds is 0. The van der Waals surface area contributed by atoms with E-state index in [0.717, 1.165) is 0 Å². The summed E-state index contributed by atoms with van der Waals surface area (Å²) in [7, 11) is 38.3. The van der Waals surface area contributed by atoms with Gasteiger partial charge in [0.15, 0.2) is 0 Å². The van der Waals surface area contributed by atoms with Crippen molar-refractivity contribution in [3.05, 3.63) is 0 Å². The monoisotopic (exact) mass is 1680 g/mol. The van der Waals surface area contributed by atoms with Crippen molar-refractivity contribution in [1.82, 2.24) is 49.0 Å². The standard InChI is InChI=1S/10C5H12FN2.5FH2O3P/c10*1-7(2)5(6)8(3)4;5*1-5(2,3)4/h10*1-4H3;5*(H2,2,3,4)/q10*+1;;;;;/p-10. The molecule has 0 aliphatic carbocycles. The van der Waals surface area contributed by atoms with Gasteiger partial charge in [0.1, 0.15) is 39.5 Å². The van der Waals surface area contributed by atoms with Gasteiger partial charge in [0.05, 0.1) is 282 Å². The highest BCUT2D eigenvalue weighted by Gasteiger charge is 2.12. The molecule has 0 aliphatic heterocycles. The molecule has 0 saturated carbocycles. The normalized spacial score (nSPS) is 9.38. The average molecular weight is 1680 g/mol. The predicted molar refractivity (Wildman–Crippen MR) is 363 cm³/mol. The van der Waals surface area contributed by atoms with Crippen molar-refractivity contribution in [3.8, 4) is 0 Å². The fourth-order valence-electron chi connectivity index (χ4n) is 4.00. The summed E-state index contributed by atoms with van der Waals surface area (Å²) in [4.78, 5) is 98.5. The van der Waals surface area contributed by atoms with Crippen molar-refractivity contribution in [2.45, 2.75) is 0 Å². The number of halogens is 15. The van der Waals surface area contributed by atoms with Gasteiger partial charge in [-0.25, -0.2) is 116 Å². The molecule has 0 heterocycles. The van der Waals surface area contributed by atoms with Gasteiger partial charge in [0, 0.05) is 0 Å². The Hall–Kier alpha value is -5.60. The largest absolute Gasteiger partial charge is 0.786 e. The molecule has 35 nitrogen and oxygen atoms in total. The van der Waals surface area contributed by atoms with Gasteiger partial charge in [-0.15, -0.1) is 43.9 Å². The number of hydrogen-bond donors (Lipinski definition) is 0. The molecular formula is C50H120F15N20O15P5. The Bertz CT molecular complexity index is 2260. The summed E-state index contributed by atoms with van der Waals surface area (Å²) in [6.45, 7) is 0. The zero-order chi connectivity index (χ0) is 89.8. The fraction of sp³-hybridized carbons (Fsp3) is 0.800. The van der Waals surface area contributed by atoms with E-state index in [0.29, 0.717) is 0 Å². The molecule has 0 aliphatic rings. The Kier molecular flexibility index (Phi) is 91.8. The summed E-state index contributed by atoms with van der Waals surface area (Å²) in [6, 6.07) is 0. The summed E-state index contributed by atoms with van der Waals surface area (Å²) >= 11 is 0. The molecule has 0 N–H and O–H groups in total. The lowest BCUT2D eigenvalue weighted by Gasteiger charge is -2.15. The van der Waals surface area contributed by atoms with Crippen molar-refractivity contribution in [1.29, 1.82) is 0 Å². The first-order valence-corrected chi connectivity index (χ1v) is 35.0. The molecule has 0 radical (unpaired) electrons. The lowest BCUT2D eigenvalue weighted by molar-refractivity contribution is -0.476. The van der Waals surface area contributed by atoms with Crippen LogP contribution in [0.5, 0.6) is 0 Å². The topological polar surface area (TPSA) is 378 Å². The van der Waals surface area contributed by atoms with Crippen LogP contribution >= 0.6 is 39.5 Å². The van der Waals surface area contributed by atoms with Crippen LogP contribution in [0.3, 0.4) is 0 Å². The van der Waals surface area contributed by atoms with Crippen LogP contribution in [0.1, 0.15) is 0 Å². The zero-order valence-corrected chi connectivity index (χ0v) is 72.4. The average Bonchev–Trinajstić information content (AvgIpc) is 3.41. The highest BCUT2D eigenvalue weighted by Crippen LogP contribution is 2.24. The molecule has 0 aromatic rings. The van der Waals surface area contributed by atoms with Gasteiger partial charge < -0.3 is 71.8 Å². The van der Waals surface area contributed by atoms with E-state index in [9.17, 15) is 64.9 Å². The van der Waals surface area contributed by atoms with Crippen LogP contribution in [-0.4, -0.2) is 438 Å². The van der Waals surface area contributed by atoms with E-state index in [4.69, 9.17) is 71.8 Å². The van der Waals surface area contributed by atoms with Crippen LogP contribution in [0.2, 0.25) is 0 Å². The van der Waals surface area contributed by atoms with Gasteiger partial charge in [0.2, 0.25) is 0 Å². The number of nitrogens with zero attached hydrogens (tertiary/aromatic N) is 20. The van der Waals surface area contributed by atoms with Crippen molar-refractivity contribution in [2.75, 3.05) is 282 Å². The molecule has 0 saturated heterocycles. The Balaban J connectivity index is -0.0000000638. The maximum atomic E-state index is 12.4. The molecule has 0 amide bonds. The van der Waals surface area contributed by atoms with Crippen LogP contribution in [0, 0.1) is 0 Å². The summed E-state index contributed by atoms with van der Waals surface area (Å²) in [5, 5.41) is 0. The minimum absolute atomic E-state index is 0.231. The van der Waals surface area contributed by atoms with Gasteiger partial charge in [-0.2, -0.15) is 0 Å². The maximum Gasteiger partial charge on any atom is 0.435 e. The van der Waals surface area contributed by atoms with E-state index in [1.54, 1.807) is 282 Å². The maximum absolute atomic E-state index is 12.4. The molecular weight excluding hydrogens is 1560 g/mol. The summed E-state index contributed by atoms with van der Waals surface area (Å²) in [5.41, 5.74) is 0. The van der Waals surface area contributed by atoms with E-state index in [1.807, 2.05) is 0 Å². The fourth-order valence-corrected chi connectivity index (χ4v) is 4.00. The Morgan fingerprint density at radius 2 is 0.200 bits per heavy atom.